The standard InChI is InChI=1S/C18H32N2O/c1-5-8-14-20(7-3)15-17(19-13-6-2)16-11-9-10-12-18(16)21-4/h9-12,17,19H,5-8,13-15H2,1-4H3. The maximum atomic E-state index is 5.54. The van der Waals surface area contributed by atoms with Crippen LogP contribution in [0.3, 0.4) is 0 Å². The van der Waals surface area contributed by atoms with E-state index in [4.69, 9.17) is 4.74 Å². The van der Waals surface area contributed by atoms with Crippen LogP contribution in [-0.2, 0) is 0 Å². The van der Waals surface area contributed by atoms with E-state index >= 15 is 0 Å². The highest BCUT2D eigenvalue weighted by atomic mass is 16.5. The van der Waals surface area contributed by atoms with E-state index in [1.165, 1.54) is 24.9 Å². The molecule has 1 atom stereocenters. The first-order valence-corrected chi connectivity index (χ1v) is 8.35. The third kappa shape index (κ3) is 6.06. The van der Waals surface area contributed by atoms with Gasteiger partial charge < -0.3 is 15.0 Å². The summed E-state index contributed by atoms with van der Waals surface area (Å²) in [5, 5.41) is 3.68. The molecule has 0 bridgehead atoms. The molecule has 1 aromatic carbocycles. The molecule has 1 aromatic rings. The van der Waals surface area contributed by atoms with E-state index in [1.807, 2.05) is 6.07 Å². The SMILES string of the molecule is CCCCN(CC)CC(NCCC)c1ccccc1OC. The second-order valence-corrected chi connectivity index (χ2v) is 5.50. The predicted molar refractivity (Wildman–Crippen MR) is 91.1 cm³/mol. The monoisotopic (exact) mass is 292 g/mol. The van der Waals surface area contributed by atoms with Gasteiger partial charge in [-0.2, -0.15) is 0 Å². The molecule has 0 saturated heterocycles. The molecular weight excluding hydrogens is 260 g/mol. The Hall–Kier alpha value is -1.06. The summed E-state index contributed by atoms with van der Waals surface area (Å²) in [7, 11) is 1.75. The van der Waals surface area contributed by atoms with Gasteiger partial charge in [0.1, 0.15) is 5.75 Å². The minimum absolute atomic E-state index is 0.331. The molecule has 0 heterocycles. The molecule has 1 rings (SSSR count). The maximum absolute atomic E-state index is 5.54. The summed E-state index contributed by atoms with van der Waals surface area (Å²) in [5.41, 5.74) is 1.27. The normalized spacial score (nSPS) is 12.6. The van der Waals surface area contributed by atoms with Gasteiger partial charge in [-0.25, -0.2) is 0 Å². The number of hydrogen-bond donors (Lipinski definition) is 1. The van der Waals surface area contributed by atoms with Gasteiger partial charge in [-0.3, -0.25) is 0 Å². The first-order chi connectivity index (χ1) is 10.3. The van der Waals surface area contributed by atoms with Crippen molar-refractivity contribution in [2.75, 3.05) is 33.3 Å². The lowest BCUT2D eigenvalue weighted by Crippen LogP contribution is -2.36. The lowest BCUT2D eigenvalue weighted by molar-refractivity contribution is 0.247. The van der Waals surface area contributed by atoms with Crippen molar-refractivity contribution >= 4 is 0 Å². The Bertz CT molecular complexity index is 381. The van der Waals surface area contributed by atoms with Gasteiger partial charge in [0.05, 0.1) is 7.11 Å². The van der Waals surface area contributed by atoms with Gasteiger partial charge in [-0.05, 0) is 38.5 Å². The molecule has 3 nitrogen and oxygen atoms in total. The number of nitrogens with zero attached hydrogens (tertiary/aromatic N) is 1. The molecule has 0 amide bonds. The van der Waals surface area contributed by atoms with Gasteiger partial charge in [-0.15, -0.1) is 0 Å². The van der Waals surface area contributed by atoms with Crippen LogP contribution in [0.4, 0.5) is 0 Å². The number of methoxy groups -OCH3 is 1. The highest BCUT2D eigenvalue weighted by Crippen LogP contribution is 2.25. The summed E-state index contributed by atoms with van der Waals surface area (Å²) in [6, 6.07) is 8.70. The average molecular weight is 292 g/mol. The lowest BCUT2D eigenvalue weighted by Gasteiger charge is -2.28. The average Bonchev–Trinajstić information content (AvgIpc) is 2.54. The number of likely N-dealkylation sites (N-methyl/N-ethyl adjacent to an activating group) is 1. The number of para-hydroxylation sites is 1. The van der Waals surface area contributed by atoms with Crippen LogP contribution in [0.5, 0.6) is 5.75 Å². The second-order valence-electron chi connectivity index (χ2n) is 5.50. The summed E-state index contributed by atoms with van der Waals surface area (Å²) >= 11 is 0. The molecule has 0 aliphatic heterocycles. The largest absolute Gasteiger partial charge is 0.496 e. The molecule has 3 heteroatoms. The number of nitrogens with one attached hydrogen (secondary N) is 1. The molecule has 0 aromatic heterocycles. The van der Waals surface area contributed by atoms with Gasteiger partial charge >= 0.3 is 0 Å². The number of benzene rings is 1. The molecule has 0 spiro atoms. The van der Waals surface area contributed by atoms with Crippen molar-refractivity contribution in [3.63, 3.8) is 0 Å². The van der Waals surface area contributed by atoms with Gasteiger partial charge in [0.15, 0.2) is 0 Å². The van der Waals surface area contributed by atoms with Crippen LogP contribution in [0.15, 0.2) is 24.3 Å². The Balaban J connectivity index is 2.83. The van der Waals surface area contributed by atoms with Crippen LogP contribution in [0, 0.1) is 0 Å². The van der Waals surface area contributed by atoms with Crippen molar-refractivity contribution in [2.45, 2.75) is 46.1 Å². The van der Waals surface area contributed by atoms with Crippen molar-refractivity contribution in [2.24, 2.45) is 0 Å². The third-order valence-electron chi connectivity index (χ3n) is 3.87. The van der Waals surface area contributed by atoms with E-state index in [0.717, 1.165) is 31.8 Å². The summed E-state index contributed by atoms with van der Waals surface area (Å²) in [6.45, 7) is 11.0. The van der Waals surface area contributed by atoms with E-state index in [2.05, 4.69) is 49.2 Å². The molecule has 0 aliphatic carbocycles. The van der Waals surface area contributed by atoms with Gasteiger partial charge in [0, 0.05) is 18.2 Å². The number of rotatable bonds is 11. The Morgan fingerprint density at radius 1 is 1.14 bits per heavy atom. The minimum atomic E-state index is 0.331. The fourth-order valence-corrected chi connectivity index (χ4v) is 2.56. The van der Waals surface area contributed by atoms with Crippen molar-refractivity contribution in [3.8, 4) is 5.75 Å². The number of ether oxygens (including phenoxy) is 1. The molecule has 21 heavy (non-hydrogen) atoms. The highest BCUT2D eigenvalue weighted by molar-refractivity contribution is 5.36. The van der Waals surface area contributed by atoms with Crippen LogP contribution in [0.1, 0.15) is 51.6 Å². The van der Waals surface area contributed by atoms with E-state index in [-0.39, 0.29) is 0 Å². The fraction of sp³-hybridized carbons (Fsp3) is 0.667. The number of unbranched alkanes of at least 4 members (excludes halogenated alkanes) is 1. The van der Waals surface area contributed by atoms with Crippen LogP contribution >= 0.6 is 0 Å². The molecule has 0 fully saturated rings. The Morgan fingerprint density at radius 3 is 2.52 bits per heavy atom. The topological polar surface area (TPSA) is 24.5 Å². The zero-order valence-corrected chi connectivity index (χ0v) is 14.2. The first kappa shape index (κ1) is 18.0. The highest BCUT2D eigenvalue weighted by Gasteiger charge is 2.17. The summed E-state index contributed by atoms with van der Waals surface area (Å²) in [4.78, 5) is 2.53. The molecule has 120 valence electrons. The summed E-state index contributed by atoms with van der Waals surface area (Å²) < 4.78 is 5.54. The van der Waals surface area contributed by atoms with Crippen LogP contribution in [0.2, 0.25) is 0 Å². The van der Waals surface area contributed by atoms with Crippen LogP contribution in [0.25, 0.3) is 0 Å². The maximum Gasteiger partial charge on any atom is 0.123 e. The molecule has 0 radical (unpaired) electrons. The van der Waals surface area contributed by atoms with E-state index in [9.17, 15) is 0 Å². The summed E-state index contributed by atoms with van der Waals surface area (Å²) in [5.74, 6) is 0.984. The van der Waals surface area contributed by atoms with Crippen LogP contribution < -0.4 is 10.1 Å². The Labute approximate surface area is 130 Å². The number of hydrogen-bond acceptors (Lipinski definition) is 3. The second kappa shape index (κ2) is 10.6. The molecule has 0 saturated carbocycles. The zero-order chi connectivity index (χ0) is 15.5. The smallest absolute Gasteiger partial charge is 0.123 e. The molecular formula is C18H32N2O. The Kier molecular flexibility index (Phi) is 9.11. The zero-order valence-electron chi connectivity index (χ0n) is 14.2. The van der Waals surface area contributed by atoms with Gasteiger partial charge in [0.2, 0.25) is 0 Å². The minimum Gasteiger partial charge on any atom is -0.496 e. The van der Waals surface area contributed by atoms with Crippen molar-refractivity contribution in [3.05, 3.63) is 29.8 Å². The third-order valence-corrected chi connectivity index (χ3v) is 3.87. The fourth-order valence-electron chi connectivity index (χ4n) is 2.56. The van der Waals surface area contributed by atoms with Crippen LogP contribution in [-0.4, -0.2) is 38.2 Å². The molecule has 1 N–H and O–H groups in total. The van der Waals surface area contributed by atoms with Gasteiger partial charge in [-0.1, -0.05) is 45.4 Å². The van der Waals surface area contributed by atoms with E-state index in [0.29, 0.717) is 6.04 Å². The molecule has 1 unspecified atom stereocenters. The lowest BCUT2D eigenvalue weighted by atomic mass is 10.0. The molecule has 0 aliphatic rings. The quantitative estimate of drug-likeness (QED) is 0.670. The summed E-state index contributed by atoms with van der Waals surface area (Å²) in [6.07, 6.45) is 3.66. The first-order valence-electron chi connectivity index (χ1n) is 8.35. The predicted octanol–water partition coefficient (Wildman–Crippen LogP) is 3.86. The van der Waals surface area contributed by atoms with E-state index < -0.39 is 0 Å². The van der Waals surface area contributed by atoms with Crippen molar-refractivity contribution in [1.29, 1.82) is 0 Å². The van der Waals surface area contributed by atoms with Crippen molar-refractivity contribution in [1.82, 2.24) is 10.2 Å². The Morgan fingerprint density at radius 2 is 1.90 bits per heavy atom. The van der Waals surface area contributed by atoms with Crippen molar-refractivity contribution < 1.29 is 4.74 Å². The van der Waals surface area contributed by atoms with E-state index in [1.54, 1.807) is 7.11 Å². The van der Waals surface area contributed by atoms with Gasteiger partial charge in [0.25, 0.3) is 0 Å².